The van der Waals surface area contributed by atoms with Gasteiger partial charge in [0.05, 0.1) is 5.25 Å². The number of rotatable bonds is 3. The Balaban J connectivity index is 1.55. The quantitative estimate of drug-likeness (QED) is 0.912. The molecule has 0 saturated carbocycles. The molecule has 1 heterocycles. The second-order valence-corrected chi connectivity index (χ2v) is 9.60. The maximum atomic E-state index is 12.3. The molecular formula is C17H24N2O3S. The molecule has 0 spiro atoms. The van der Waals surface area contributed by atoms with E-state index in [1.165, 1.54) is 17.4 Å². The van der Waals surface area contributed by atoms with Crippen LogP contribution in [0.15, 0.2) is 24.3 Å². The van der Waals surface area contributed by atoms with Crippen LogP contribution in [0.3, 0.4) is 0 Å². The molecule has 3 rings (SSSR count). The lowest BCUT2D eigenvalue weighted by atomic mass is 9.87. The van der Waals surface area contributed by atoms with Crippen molar-refractivity contribution in [2.45, 2.75) is 31.4 Å². The molecule has 1 atom stereocenters. The Morgan fingerprint density at radius 2 is 1.91 bits per heavy atom. The van der Waals surface area contributed by atoms with Gasteiger partial charge >= 0.3 is 6.03 Å². The van der Waals surface area contributed by atoms with Crippen LogP contribution in [0.4, 0.5) is 4.79 Å². The van der Waals surface area contributed by atoms with Gasteiger partial charge < -0.3 is 10.2 Å². The van der Waals surface area contributed by atoms with Crippen molar-refractivity contribution in [1.29, 1.82) is 0 Å². The number of fused-ring (bicyclic) bond motifs is 1. The summed E-state index contributed by atoms with van der Waals surface area (Å²) in [5.74, 6) is 0. The van der Waals surface area contributed by atoms with E-state index in [2.05, 4.69) is 36.5 Å². The van der Waals surface area contributed by atoms with E-state index < -0.39 is 15.1 Å². The summed E-state index contributed by atoms with van der Waals surface area (Å²) in [6.07, 6.45) is 3.72. The third kappa shape index (κ3) is 3.52. The maximum absolute atomic E-state index is 12.3. The van der Waals surface area contributed by atoms with Crippen molar-refractivity contribution < 1.29 is 13.2 Å². The number of nitrogens with zero attached hydrogens (tertiary/aromatic N) is 1. The van der Waals surface area contributed by atoms with E-state index in [-0.39, 0.29) is 11.4 Å². The molecule has 1 aliphatic heterocycles. The third-order valence-corrected chi connectivity index (χ3v) is 6.65. The second-order valence-electron chi connectivity index (χ2n) is 7.28. The summed E-state index contributed by atoms with van der Waals surface area (Å²) in [4.78, 5) is 13.9. The lowest BCUT2D eigenvalue weighted by Gasteiger charge is -2.26. The molecular weight excluding hydrogens is 312 g/mol. The topological polar surface area (TPSA) is 66.5 Å². The first kappa shape index (κ1) is 16.3. The number of carbonyl (C=O) groups is 1. The van der Waals surface area contributed by atoms with Gasteiger partial charge in [-0.3, -0.25) is 0 Å². The van der Waals surface area contributed by atoms with Gasteiger partial charge in [0, 0.05) is 25.9 Å². The molecule has 0 aromatic heterocycles. The highest BCUT2D eigenvalue weighted by molar-refractivity contribution is 7.91. The van der Waals surface area contributed by atoms with Crippen LogP contribution in [0.5, 0.6) is 0 Å². The molecule has 5 nitrogen and oxygen atoms in total. The van der Waals surface area contributed by atoms with E-state index in [0.717, 1.165) is 12.8 Å². The number of hydrogen-bond acceptors (Lipinski definition) is 3. The zero-order valence-corrected chi connectivity index (χ0v) is 14.5. The Hall–Kier alpha value is -1.56. The SMILES string of the molecule is CC1(CNC(=O)N2CC[C@@H](S(C)(=O)=O)C2)Cc2ccccc2C1. The largest absolute Gasteiger partial charge is 0.337 e. The van der Waals surface area contributed by atoms with Crippen molar-refractivity contribution in [3.05, 3.63) is 35.4 Å². The Labute approximate surface area is 138 Å². The van der Waals surface area contributed by atoms with E-state index in [0.29, 0.717) is 26.1 Å². The lowest BCUT2D eigenvalue weighted by molar-refractivity contribution is 0.201. The number of benzene rings is 1. The van der Waals surface area contributed by atoms with Gasteiger partial charge in [-0.25, -0.2) is 13.2 Å². The van der Waals surface area contributed by atoms with E-state index in [1.807, 2.05) is 0 Å². The van der Waals surface area contributed by atoms with Crippen molar-refractivity contribution in [3.63, 3.8) is 0 Å². The summed E-state index contributed by atoms with van der Waals surface area (Å²) in [7, 11) is -3.07. The molecule has 1 aromatic carbocycles. The summed E-state index contributed by atoms with van der Waals surface area (Å²) < 4.78 is 23.2. The molecule has 1 saturated heterocycles. The minimum Gasteiger partial charge on any atom is -0.337 e. The molecule has 1 fully saturated rings. The highest BCUT2D eigenvalue weighted by Gasteiger charge is 2.35. The molecule has 2 amide bonds. The Kier molecular flexibility index (Phi) is 4.12. The van der Waals surface area contributed by atoms with E-state index in [4.69, 9.17) is 0 Å². The zero-order valence-electron chi connectivity index (χ0n) is 13.7. The highest BCUT2D eigenvalue weighted by Crippen LogP contribution is 2.36. The van der Waals surface area contributed by atoms with Gasteiger partial charge in [-0.1, -0.05) is 31.2 Å². The Bertz CT molecular complexity index is 689. The van der Waals surface area contributed by atoms with E-state index in [9.17, 15) is 13.2 Å². The monoisotopic (exact) mass is 336 g/mol. The molecule has 1 aliphatic carbocycles. The molecule has 1 N–H and O–H groups in total. The minimum atomic E-state index is -3.07. The first-order chi connectivity index (χ1) is 10.8. The highest BCUT2D eigenvalue weighted by atomic mass is 32.2. The minimum absolute atomic E-state index is 0.0370. The predicted molar refractivity (Wildman–Crippen MR) is 90.2 cm³/mol. The smallest absolute Gasteiger partial charge is 0.317 e. The van der Waals surface area contributed by atoms with Crippen LogP contribution in [0.1, 0.15) is 24.5 Å². The first-order valence-electron chi connectivity index (χ1n) is 8.05. The summed E-state index contributed by atoms with van der Waals surface area (Å²) in [5.41, 5.74) is 2.76. The number of hydrogen-bond donors (Lipinski definition) is 1. The summed E-state index contributed by atoms with van der Waals surface area (Å²) >= 11 is 0. The van der Waals surface area contributed by atoms with Crippen LogP contribution in [0, 0.1) is 5.41 Å². The van der Waals surface area contributed by atoms with E-state index >= 15 is 0 Å². The van der Waals surface area contributed by atoms with Gasteiger partial charge in [0.25, 0.3) is 0 Å². The van der Waals surface area contributed by atoms with Crippen molar-refractivity contribution in [2.75, 3.05) is 25.9 Å². The van der Waals surface area contributed by atoms with Crippen molar-refractivity contribution in [3.8, 4) is 0 Å². The van der Waals surface area contributed by atoms with Crippen LogP contribution in [-0.2, 0) is 22.7 Å². The van der Waals surface area contributed by atoms with Gasteiger partial charge in [0.15, 0.2) is 9.84 Å². The molecule has 0 unspecified atom stereocenters. The van der Waals surface area contributed by atoms with Gasteiger partial charge in [-0.05, 0) is 35.8 Å². The summed E-state index contributed by atoms with van der Waals surface area (Å²) in [6, 6.07) is 8.27. The average molecular weight is 336 g/mol. The predicted octanol–water partition coefficient (Wildman–Crippen LogP) is 1.62. The van der Waals surface area contributed by atoms with Gasteiger partial charge in [-0.2, -0.15) is 0 Å². The van der Waals surface area contributed by atoms with Crippen LogP contribution in [0.25, 0.3) is 0 Å². The van der Waals surface area contributed by atoms with Crippen molar-refractivity contribution in [2.24, 2.45) is 5.41 Å². The fourth-order valence-electron chi connectivity index (χ4n) is 3.67. The van der Waals surface area contributed by atoms with Crippen molar-refractivity contribution >= 4 is 15.9 Å². The van der Waals surface area contributed by atoms with E-state index in [1.54, 1.807) is 4.90 Å². The van der Waals surface area contributed by atoms with Crippen LogP contribution in [-0.4, -0.2) is 50.5 Å². The molecule has 126 valence electrons. The van der Waals surface area contributed by atoms with Gasteiger partial charge in [0.1, 0.15) is 0 Å². The van der Waals surface area contributed by atoms with Gasteiger partial charge in [0.2, 0.25) is 0 Å². The summed E-state index contributed by atoms with van der Waals surface area (Å²) in [6.45, 7) is 3.62. The van der Waals surface area contributed by atoms with Crippen molar-refractivity contribution in [1.82, 2.24) is 10.2 Å². The molecule has 2 aliphatic rings. The normalized spacial score (nSPS) is 22.9. The number of urea groups is 1. The van der Waals surface area contributed by atoms with Crippen LogP contribution in [0.2, 0.25) is 0 Å². The van der Waals surface area contributed by atoms with Crippen LogP contribution < -0.4 is 5.32 Å². The standard InChI is InChI=1S/C17H24N2O3S/c1-17(9-13-5-3-4-6-14(13)10-17)12-18-16(20)19-8-7-15(11-19)23(2,21)22/h3-6,15H,7-12H2,1-2H3,(H,18,20)/t15-/m1/s1. The Morgan fingerprint density at radius 3 is 2.43 bits per heavy atom. The number of nitrogens with one attached hydrogen (secondary N) is 1. The number of carbonyl (C=O) groups excluding carboxylic acids is 1. The third-order valence-electron chi connectivity index (χ3n) is 5.06. The Morgan fingerprint density at radius 1 is 1.30 bits per heavy atom. The van der Waals surface area contributed by atoms with Crippen LogP contribution >= 0.6 is 0 Å². The molecule has 0 bridgehead atoms. The maximum Gasteiger partial charge on any atom is 0.317 e. The first-order valence-corrected chi connectivity index (χ1v) is 10.0. The molecule has 1 aromatic rings. The molecule has 6 heteroatoms. The average Bonchev–Trinajstić information content (AvgIpc) is 3.08. The lowest BCUT2D eigenvalue weighted by Crippen LogP contribution is -2.44. The fraction of sp³-hybridized carbons (Fsp3) is 0.588. The number of sulfone groups is 1. The molecule has 0 radical (unpaired) electrons. The molecule has 23 heavy (non-hydrogen) atoms. The van der Waals surface area contributed by atoms with Gasteiger partial charge in [-0.15, -0.1) is 0 Å². The fourth-order valence-corrected chi connectivity index (χ4v) is 4.66. The second kappa shape index (κ2) is 5.82. The summed E-state index contributed by atoms with van der Waals surface area (Å²) in [5, 5.41) is 2.59. The number of amides is 2. The number of likely N-dealkylation sites (tertiary alicyclic amines) is 1. The zero-order chi connectivity index (χ0) is 16.7.